The molecule has 0 fully saturated rings. The van der Waals surface area contributed by atoms with Gasteiger partial charge in [0.2, 0.25) is 0 Å². The average molecular weight is 552 g/mol. The van der Waals surface area contributed by atoms with Crippen molar-refractivity contribution < 1.29 is 14.3 Å². The number of hydrazone groups is 1. The first kappa shape index (κ1) is 22.0. The van der Waals surface area contributed by atoms with Crippen molar-refractivity contribution in [1.29, 1.82) is 0 Å². The van der Waals surface area contributed by atoms with E-state index in [9.17, 15) is 9.59 Å². The van der Waals surface area contributed by atoms with E-state index in [0.29, 0.717) is 36.5 Å². The molecule has 0 aliphatic rings. The van der Waals surface area contributed by atoms with Gasteiger partial charge in [-0.2, -0.15) is 5.10 Å². The molecule has 6 nitrogen and oxygen atoms in total. The maximum Gasteiger partial charge on any atom is 0.343 e. The maximum atomic E-state index is 12.3. The molecule has 3 N–H and O–H groups in total. The normalized spacial score (nSPS) is 10.8. The molecule has 0 aromatic heterocycles. The molecule has 30 heavy (non-hydrogen) atoms. The van der Waals surface area contributed by atoms with Crippen LogP contribution in [-0.4, -0.2) is 18.1 Å². The highest BCUT2D eigenvalue weighted by Crippen LogP contribution is 2.28. The standard InChI is InChI=1S/C21H14Br2ClN3O3/c22-14-9-17(19(25)18(23)10-14)20(28)27-26-11-12-1-7-16(8-2-12)30-21(29)13-3-5-15(24)6-4-13/h1-11H,25H2,(H,27,28). The summed E-state index contributed by atoms with van der Waals surface area (Å²) in [5.41, 5.74) is 10.0. The first-order valence-corrected chi connectivity index (χ1v) is 10.5. The van der Waals surface area contributed by atoms with E-state index >= 15 is 0 Å². The van der Waals surface area contributed by atoms with E-state index in [2.05, 4.69) is 42.4 Å². The number of nitrogens with zero attached hydrogens (tertiary/aromatic N) is 1. The smallest absolute Gasteiger partial charge is 0.343 e. The number of hydrogen-bond acceptors (Lipinski definition) is 5. The summed E-state index contributed by atoms with van der Waals surface area (Å²) >= 11 is 12.4. The Morgan fingerprint density at radius 2 is 1.70 bits per heavy atom. The van der Waals surface area contributed by atoms with Crippen molar-refractivity contribution >= 4 is 67.2 Å². The van der Waals surface area contributed by atoms with Crippen molar-refractivity contribution in [1.82, 2.24) is 5.43 Å². The van der Waals surface area contributed by atoms with E-state index < -0.39 is 11.9 Å². The van der Waals surface area contributed by atoms with Crippen molar-refractivity contribution in [2.45, 2.75) is 0 Å². The topological polar surface area (TPSA) is 93.8 Å². The first-order valence-electron chi connectivity index (χ1n) is 8.49. The number of ether oxygens (including phenoxy) is 1. The van der Waals surface area contributed by atoms with Gasteiger partial charge < -0.3 is 10.5 Å². The lowest BCUT2D eigenvalue weighted by Crippen LogP contribution is -2.19. The quantitative estimate of drug-likeness (QED) is 0.145. The molecule has 1 amide bonds. The maximum absolute atomic E-state index is 12.3. The Hall–Kier alpha value is -2.68. The van der Waals surface area contributed by atoms with Crippen LogP contribution in [0.25, 0.3) is 0 Å². The zero-order chi connectivity index (χ0) is 21.7. The van der Waals surface area contributed by atoms with Crippen LogP contribution in [0.5, 0.6) is 5.75 Å². The van der Waals surface area contributed by atoms with Gasteiger partial charge in [0, 0.05) is 14.0 Å². The Kier molecular flexibility index (Phi) is 7.25. The first-order chi connectivity index (χ1) is 14.3. The van der Waals surface area contributed by atoms with Gasteiger partial charge in [-0.05, 0) is 82.2 Å². The van der Waals surface area contributed by atoms with E-state index in [-0.39, 0.29) is 5.56 Å². The van der Waals surface area contributed by atoms with Crippen LogP contribution in [0.2, 0.25) is 5.02 Å². The second-order valence-corrected chi connectivity index (χ2v) is 8.22. The summed E-state index contributed by atoms with van der Waals surface area (Å²) in [6.07, 6.45) is 1.46. The Labute approximate surface area is 194 Å². The molecule has 0 saturated heterocycles. The number of anilines is 1. The number of amides is 1. The third-order valence-electron chi connectivity index (χ3n) is 3.89. The molecule has 3 aromatic carbocycles. The summed E-state index contributed by atoms with van der Waals surface area (Å²) in [6, 6.07) is 16.4. The molecular weight excluding hydrogens is 538 g/mol. The van der Waals surface area contributed by atoms with E-state index in [4.69, 9.17) is 22.1 Å². The Balaban J connectivity index is 1.60. The van der Waals surface area contributed by atoms with Crippen molar-refractivity contribution in [2.75, 3.05) is 5.73 Å². The number of halogens is 3. The number of nitrogen functional groups attached to an aromatic ring is 1. The van der Waals surface area contributed by atoms with Crippen LogP contribution in [0, 0.1) is 0 Å². The van der Waals surface area contributed by atoms with Gasteiger partial charge in [0.25, 0.3) is 5.91 Å². The van der Waals surface area contributed by atoms with Crippen LogP contribution in [0.1, 0.15) is 26.3 Å². The number of nitrogens with two attached hydrogens (primary N) is 1. The van der Waals surface area contributed by atoms with Gasteiger partial charge in [0.15, 0.2) is 0 Å². The monoisotopic (exact) mass is 549 g/mol. The molecule has 9 heteroatoms. The average Bonchev–Trinajstić information content (AvgIpc) is 2.72. The van der Waals surface area contributed by atoms with Gasteiger partial charge in [-0.3, -0.25) is 4.79 Å². The van der Waals surface area contributed by atoms with Crippen molar-refractivity contribution in [3.8, 4) is 5.75 Å². The third-order valence-corrected chi connectivity index (χ3v) is 5.26. The molecule has 0 atom stereocenters. The molecule has 3 rings (SSSR count). The fraction of sp³-hybridized carbons (Fsp3) is 0. The van der Waals surface area contributed by atoms with Crippen molar-refractivity contribution in [3.63, 3.8) is 0 Å². The Morgan fingerprint density at radius 3 is 2.37 bits per heavy atom. The summed E-state index contributed by atoms with van der Waals surface area (Å²) in [6.45, 7) is 0. The van der Waals surface area contributed by atoms with E-state index in [1.54, 1.807) is 60.7 Å². The number of carbonyl (C=O) groups excluding carboxylic acids is 2. The van der Waals surface area contributed by atoms with Gasteiger partial charge in [0.05, 0.1) is 23.0 Å². The molecule has 3 aromatic rings. The van der Waals surface area contributed by atoms with E-state index in [1.165, 1.54) is 6.21 Å². The molecule has 0 unspecified atom stereocenters. The highest BCUT2D eigenvalue weighted by atomic mass is 79.9. The number of carbonyl (C=O) groups is 2. The predicted molar refractivity (Wildman–Crippen MR) is 124 cm³/mol. The number of benzene rings is 3. The Bertz CT molecular complexity index is 1120. The molecule has 0 radical (unpaired) electrons. The molecule has 0 saturated carbocycles. The van der Waals surface area contributed by atoms with Crippen molar-refractivity contribution in [3.05, 3.63) is 91.3 Å². The van der Waals surface area contributed by atoms with Gasteiger partial charge in [-0.25, -0.2) is 10.2 Å². The number of rotatable bonds is 5. The molecule has 0 spiro atoms. The molecule has 0 heterocycles. The minimum atomic E-state index is -0.488. The summed E-state index contributed by atoms with van der Waals surface area (Å²) in [4.78, 5) is 24.4. The van der Waals surface area contributed by atoms with Crippen LogP contribution >= 0.6 is 43.5 Å². The van der Waals surface area contributed by atoms with Crippen LogP contribution in [0.4, 0.5) is 5.69 Å². The van der Waals surface area contributed by atoms with E-state index in [1.807, 2.05) is 0 Å². The van der Waals surface area contributed by atoms with Gasteiger partial charge in [-0.1, -0.05) is 27.5 Å². The highest BCUT2D eigenvalue weighted by Gasteiger charge is 2.13. The lowest BCUT2D eigenvalue weighted by molar-refractivity contribution is 0.0734. The van der Waals surface area contributed by atoms with Gasteiger partial charge in [-0.15, -0.1) is 0 Å². The number of nitrogens with one attached hydrogen (secondary N) is 1. The molecule has 0 aliphatic heterocycles. The lowest BCUT2D eigenvalue weighted by Gasteiger charge is -2.07. The van der Waals surface area contributed by atoms with Crippen molar-refractivity contribution in [2.24, 2.45) is 5.10 Å². The second kappa shape index (κ2) is 9.88. The minimum absolute atomic E-state index is 0.290. The largest absolute Gasteiger partial charge is 0.423 e. The Morgan fingerprint density at radius 1 is 1.03 bits per heavy atom. The lowest BCUT2D eigenvalue weighted by atomic mass is 10.2. The zero-order valence-corrected chi connectivity index (χ0v) is 19.2. The molecule has 152 valence electrons. The van der Waals surface area contributed by atoms with Crippen LogP contribution in [0.15, 0.2) is 74.7 Å². The number of hydrogen-bond donors (Lipinski definition) is 2. The molecule has 0 bridgehead atoms. The fourth-order valence-electron chi connectivity index (χ4n) is 2.37. The summed E-state index contributed by atoms with van der Waals surface area (Å²) in [5, 5.41) is 4.47. The highest BCUT2D eigenvalue weighted by molar-refractivity contribution is 9.11. The molecule has 0 aliphatic carbocycles. The number of esters is 1. The summed E-state index contributed by atoms with van der Waals surface area (Å²) in [7, 11) is 0. The van der Waals surface area contributed by atoms with Crippen LogP contribution < -0.4 is 15.9 Å². The molecular formula is C21H14Br2ClN3O3. The summed E-state index contributed by atoms with van der Waals surface area (Å²) < 4.78 is 6.63. The van der Waals surface area contributed by atoms with Gasteiger partial charge >= 0.3 is 5.97 Å². The van der Waals surface area contributed by atoms with Gasteiger partial charge in [0.1, 0.15) is 5.75 Å². The third kappa shape index (κ3) is 5.69. The van der Waals surface area contributed by atoms with Crippen LogP contribution in [-0.2, 0) is 0 Å². The predicted octanol–water partition coefficient (Wildman–Crippen LogP) is 5.43. The SMILES string of the molecule is Nc1c(Br)cc(Br)cc1C(=O)NN=Cc1ccc(OC(=O)c2ccc(Cl)cc2)cc1. The fourth-order valence-corrected chi connectivity index (χ4v) is 3.72. The second-order valence-electron chi connectivity index (χ2n) is 6.01. The zero-order valence-electron chi connectivity index (χ0n) is 15.2. The minimum Gasteiger partial charge on any atom is -0.423 e. The van der Waals surface area contributed by atoms with E-state index in [0.717, 1.165) is 0 Å². The summed E-state index contributed by atoms with van der Waals surface area (Å²) in [5.74, 6) is -0.555. The van der Waals surface area contributed by atoms with Crippen LogP contribution in [0.3, 0.4) is 0 Å².